The van der Waals surface area contributed by atoms with Crippen molar-refractivity contribution in [2.24, 2.45) is 0 Å². The van der Waals surface area contributed by atoms with Crippen molar-refractivity contribution in [3.8, 4) is 100 Å². The number of hydrogen-bond acceptors (Lipinski definition) is 0. The van der Waals surface area contributed by atoms with Gasteiger partial charge in [0.05, 0.1) is 28.6 Å². The Labute approximate surface area is 783 Å². The van der Waals surface area contributed by atoms with Crippen LogP contribution in [0.4, 0.5) is 0 Å². The summed E-state index contributed by atoms with van der Waals surface area (Å²) in [5, 5.41) is 34.7. The van der Waals surface area contributed by atoms with Crippen LogP contribution in [0.5, 0.6) is 0 Å². The summed E-state index contributed by atoms with van der Waals surface area (Å²) in [6.07, 6.45) is 0. The van der Waals surface area contributed by atoms with Crippen LogP contribution < -0.4 is 31.1 Å². The second-order valence-corrected chi connectivity index (χ2v) is 41.1. The van der Waals surface area contributed by atoms with Gasteiger partial charge in [0, 0.05) is 0 Å². The molecule has 0 atom stereocenters. The highest BCUT2D eigenvalue weighted by atomic mass is 28.2. The maximum atomic E-state index is 2.51. The zero-order valence-corrected chi connectivity index (χ0v) is 78.0. The molecule has 0 saturated heterocycles. The van der Waals surface area contributed by atoms with Crippen LogP contribution in [0.3, 0.4) is 0 Å². The molecule has 0 aromatic heterocycles. The predicted molar refractivity (Wildman–Crippen MR) is 586 cm³/mol. The van der Waals surface area contributed by atoms with E-state index in [1.54, 1.807) is 0 Å². The molecule has 0 amide bonds. The van der Waals surface area contributed by atoms with E-state index in [0.717, 1.165) is 0 Å². The molecule has 0 bridgehead atoms. The fourth-order valence-electron chi connectivity index (χ4n) is 20.8. The Morgan fingerprint density at radius 1 is 0.0977 bits per heavy atom. The molecular weight excluding hydrogens is 1650 g/mol. The van der Waals surface area contributed by atoms with Gasteiger partial charge >= 0.3 is 0 Å². The van der Waals surface area contributed by atoms with Crippen molar-refractivity contribution in [1.82, 2.24) is 0 Å². The van der Waals surface area contributed by atoms with E-state index in [1.807, 2.05) is 0 Å². The largest absolute Gasteiger partial charge is 0.0875 e. The van der Waals surface area contributed by atoms with Gasteiger partial charge < -0.3 is 0 Å². The molecular formula is C130H92Si3. The first kappa shape index (κ1) is 81.3. The molecule has 0 heterocycles. The molecule has 3 heteroatoms. The van der Waals surface area contributed by atoms with Crippen LogP contribution in [-0.2, 0) is 0 Å². The van der Waals surface area contributed by atoms with Crippen LogP contribution in [0, 0.1) is 0 Å². The molecule has 0 aliphatic rings. The van der Waals surface area contributed by atoms with Gasteiger partial charge in [-0.3, -0.25) is 0 Å². The van der Waals surface area contributed by atoms with Crippen molar-refractivity contribution < 1.29 is 0 Å². The smallest absolute Gasteiger partial charge is 0.0633 e. The van der Waals surface area contributed by atoms with Crippen LogP contribution in [0.2, 0.25) is 0 Å². The van der Waals surface area contributed by atoms with Crippen LogP contribution >= 0.6 is 0 Å². The van der Waals surface area contributed by atoms with Gasteiger partial charge in [-0.2, -0.15) is 0 Å². The quantitative estimate of drug-likeness (QED) is 0.0545. The van der Waals surface area contributed by atoms with Crippen molar-refractivity contribution in [2.75, 3.05) is 0 Å². The third kappa shape index (κ3) is 16.1. The van der Waals surface area contributed by atoms with Crippen molar-refractivity contribution in [3.63, 3.8) is 0 Å². The van der Waals surface area contributed by atoms with E-state index in [9.17, 15) is 0 Å². The van der Waals surface area contributed by atoms with Crippen LogP contribution in [0.15, 0.2) is 522 Å². The van der Waals surface area contributed by atoms with Crippen molar-refractivity contribution >= 4 is 167 Å². The Hall–Kier alpha value is -16.2. The van der Waals surface area contributed by atoms with Gasteiger partial charge in [0.1, 0.15) is 0 Å². The highest BCUT2D eigenvalue weighted by molar-refractivity contribution is 6.69. The van der Waals surface area contributed by atoms with E-state index < -0.39 is 28.6 Å². The van der Waals surface area contributed by atoms with Crippen molar-refractivity contribution in [1.29, 1.82) is 0 Å². The molecule has 0 nitrogen and oxygen atoms in total. The molecule has 0 unspecified atom stereocenters. The van der Waals surface area contributed by atoms with Crippen LogP contribution in [0.25, 0.3) is 208 Å². The molecule has 133 heavy (non-hydrogen) atoms. The first-order valence-electron chi connectivity index (χ1n) is 46.4. The minimum Gasteiger partial charge on any atom is -0.0633 e. The van der Waals surface area contributed by atoms with Gasteiger partial charge in [0.2, 0.25) is 0 Å². The maximum absolute atomic E-state index is 2.51. The molecule has 0 spiro atoms. The fourth-order valence-corrected chi connectivity index (χ4v) is 25.3. The van der Waals surface area contributed by atoms with Crippen LogP contribution in [-0.4, -0.2) is 28.6 Å². The van der Waals surface area contributed by atoms with E-state index in [2.05, 4.69) is 522 Å². The SMILES string of the molecule is c1ccc([SiH2]c2ccc3c(-c4cc5ccccc5c5ccccc45)c4ccccc4c(-c4ccc(-c5ccccc5)cc4)c3c2)cc1.c1ccc([SiH2]c2ccc3c(-c4ccc5ccccc5c4)c4ccccc4c(-c4ccc(-c5ccccc5)cc4)c3c2)cc1.c1ccc([SiH2]c2ccc3c(-c4cccc5ccccc45)c4ccccc4c(-c4ccc(-c5ccccc5)cc4)c3c2)cc1. The Balaban J connectivity index is 0.000000113. The van der Waals surface area contributed by atoms with Gasteiger partial charge in [0.25, 0.3) is 0 Å². The third-order valence-electron chi connectivity index (χ3n) is 27.0. The Bertz CT molecular complexity index is 8630. The van der Waals surface area contributed by atoms with Gasteiger partial charge in [-0.1, -0.05) is 541 Å². The lowest BCUT2D eigenvalue weighted by Crippen LogP contribution is -2.26. The zero-order chi connectivity index (χ0) is 88.3. The molecule has 25 rings (SSSR count). The molecule has 624 valence electrons. The van der Waals surface area contributed by atoms with E-state index >= 15 is 0 Å². The normalized spacial score (nSPS) is 11.7. The summed E-state index contributed by atoms with van der Waals surface area (Å²) >= 11 is 0. The van der Waals surface area contributed by atoms with E-state index in [4.69, 9.17) is 0 Å². The van der Waals surface area contributed by atoms with Crippen molar-refractivity contribution in [2.45, 2.75) is 0 Å². The lowest BCUT2D eigenvalue weighted by molar-refractivity contribution is 1.61. The van der Waals surface area contributed by atoms with Gasteiger partial charge in [-0.15, -0.1) is 0 Å². The van der Waals surface area contributed by atoms with E-state index in [-0.39, 0.29) is 0 Å². The molecule has 0 fully saturated rings. The Kier molecular flexibility index (Phi) is 22.2. The highest BCUT2D eigenvalue weighted by Crippen LogP contribution is 2.50. The topological polar surface area (TPSA) is 0 Å². The lowest BCUT2D eigenvalue weighted by atomic mass is 9.83. The van der Waals surface area contributed by atoms with Gasteiger partial charge in [0.15, 0.2) is 0 Å². The molecule has 0 radical (unpaired) electrons. The minimum absolute atomic E-state index is 0.614. The number of fused-ring (bicyclic) bond motifs is 11. The molecule has 0 saturated carbocycles. The molecule has 0 aliphatic carbocycles. The number of hydrogen-bond donors (Lipinski definition) is 0. The lowest BCUT2D eigenvalue weighted by Gasteiger charge is -2.20. The molecule has 0 N–H and O–H groups in total. The van der Waals surface area contributed by atoms with E-state index in [0.29, 0.717) is 0 Å². The Morgan fingerprint density at radius 2 is 0.361 bits per heavy atom. The summed E-state index contributed by atoms with van der Waals surface area (Å²) in [5.41, 5.74) is 22.9. The van der Waals surface area contributed by atoms with Crippen molar-refractivity contribution in [3.05, 3.63) is 522 Å². The zero-order valence-electron chi connectivity index (χ0n) is 73.8. The summed E-state index contributed by atoms with van der Waals surface area (Å²) in [6, 6.07) is 192. The summed E-state index contributed by atoms with van der Waals surface area (Å²) in [6.45, 7) is 0. The molecule has 25 aromatic carbocycles. The van der Waals surface area contributed by atoms with Crippen LogP contribution in [0.1, 0.15) is 0 Å². The standard InChI is InChI=1S/C46H32Si.2C42H30Si/c1-3-13-31(14-4-1)32-23-25-33(26-24-32)45-40-21-11-12-22-41(40)46(42-28-27-36(30-44(42)45)47-35-16-5-2-6-17-35)43-29-34-15-7-8-18-37(34)38-19-9-10-20-39(38)43;1-3-12-29(13-4-1)30-22-24-32(25-23-30)41-37-19-9-10-20-38(37)42(36-21-11-15-31-14-7-8-18-35(31)36)39-27-26-34(28-40(39)41)43-33-16-5-2-6-17-33;1-3-11-29(12-4-1)31-19-22-32(23-20-31)41-37-17-9-10-18-38(37)42(34-24-21-30-13-7-8-14-33(30)27-34)39-26-25-36(28-40(39)41)43-35-15-5-2-6-16-35/h1-30H,47H2;2*1-28H,43H2. The first-order chi connectivity index (χ1) is 66.0. The molecule has 25 aromatic rings. The second kappa shape index (κ2) is 36.4. The average Bonchev–Trinajstić information content (AvgIpc) is 0.727. The summed E-state index contributed by atoms with van der Waals surface area (Å²) in [4.78, 5) is 0. The Morgan fingerprint density at radius 3 is 0.767 bits per heavy atom. The second-order valence-electron chi connectivity index (χ2n) is 35.1. The first-order valence-corrected chi connectivity index (χ1v) is 50.6. The summed E-state index contributed by atoms with van der Waals surface area (Å²) in [7, 11) is -1.88. The average molecular weight is 1740 g/mol. The highest BCUT2D eigenvalue weighted by Gasteiger charge is 2.24. The predicted octanol–water partition coefficient (Wildman–Crippen LogP) is 29.0. The van der Waals surface area contributed by atoms with E-state index in [1.165, 1.54) is 239 Å². The van der Waals surface area contributed by atoms with Gasteiger partial charge in [-0.05, 0) is 220 Å². The monoisotopic (exact) mass is 1740 g/mol. The summed E-state index contributed by atoms with van der Waals surface area (Å²) in [5.74, 6) is 0. The minimum atomic E-state index is -0.648. The summed E-state index contributed by atoms with van der Waals surface area (Å²) < 4.78 is 0. The maximum Gasteiger partial charge on any atom is 0.0875 e. The number of benzene rings is 25. The fraction of sp³-hybridized carbons (Fsp3) is 0. The molecule has 0 aliphatic heterocycles. The van der Waals surface area contributed by atoms with Gasteiger partial charge in [-0.25, -0.2) is 0 Å². The number of rotatable bonds is 15. The third-order valence-corrected chi connectivity index (χ3v) is 32.2.